The highest BCUT2D eigenvalue weighted by molar-refractivity contribution is 5.19. The Bertz CT molecular complexity index is 2230. The van der Waals surface area contributed by atoms with Gasteiger partial charge in [0.15, 0.2) is 31.5 Å². The number of hydrogen-bond acceptors (Lipinski definition) is 26. The first-order valence-electron chi connectivity index (χ1n) is 30.7. The molecule has 33 atom stereocenters. The van der Waals surface area contributed by atoms with Crippen LogP contribution in [0.1, 0.15) is 120 Å². The van der Waals surface area contributed by atoms with Gasteiger partial charge >= 0.3 is 0 Å². The molecule has 0 spiro atoms. The van der Waals surface area contributed by atoms with E-state index in [0.717, 1.165) is 50.5 Å². The lowest BCUT2D eigenvalue weighted by Gasteiger charge is -2.70. The van der Waals surface area contributed by atoms with Gasteiger partial charge in [0.2, 0.25) is 0 Å². The van der Waals surface area contributed by atoms with Crippen LogP contribution in [0.15, 0.2) is 11.6 Å². The minimum atomic E-state index is -1.82. The van der Waals surface area contributed by atoms with Crippen molar-refractivity contribution in [1.29, 1.82) is 0 Å². The molecule has 5 saturated heterocycles. The van der Waals surface area contributed by atoms with Gasteiger partial charge in [0.25, 0.3) is 0 Å². The van der Waals surface area contributed by atoms with Gasteiger partial charge < -0.3 is 129 Å². The van der Waals surface area contributed by atoms with E-state index in [-0.39, 0.29) is 46.5 Å². The molecule has 5 heterocycles. The van der Waals surface area contributed by atoms with E-state index in [9.17, 15) is 81.7 Å². The molecule has 0 bridgehead atoms. The van der Waals surface area contributed by atoms with E-state index in [4.69, 9.17) is 47.4 Å². The van der Waals surface area contributed by atoms with Gasteiger partial charge in [0.05, 0.1) is 44.7 Å². The highest BCUT2D eigenvalue weighted by Crippen LogP contribution is 2.76. The largest absolute Gasteiger partial charge is 0.394 e. The molecule has 9 aliphatic rings. The first-order chi connectivity index (χ1) is 39.9. The van der Waals surface area contributed by atoms with Crippen LogP contribution in [0.3, 0.4) is 0 Å². The van der Waals surface area contributed by atoms with Crippen LogP contribution >= 0.6 is 0 Å². The van der Waals surface area contributed by atoms with Gasteiger partial charge in [-0.15, -0.1) is 0 Å². The molecule has 16 N–H and O–H groups in total. The molecule has 5 aliphatic heterocycles. The number of ether oxygens (including phenoxy) is 10. The lowest BCUT2D eigenvalue weighted by atomic mass is 9.35. The Morgan fingerprint density at radius 1 is 0.506 bits per heavy atom. The monoisotopic (exact) mass is 1220 g/mol. The van der Waals surface area contributed by atoms with E-state index in [1.807, 2.05) is 20.8 Å². The standard InChI is InChI=1S/C59H100O26/c1-25(2)10-9-16-59(8,85-53-48(75)43(70)40(67)32(82-53)24-78-51-46(73)42(69)39(66)31(81-51)23-77-50-45(72)36(63)28(62)22-76-50)27-13-18-57(6)26(27)11-12-34-56(5)17-15-35(55(3,4)33(56)14-19-58(34,57)7)83-54-49(44(71)38(65)30(21-61)80-54)84-52-47(74)41(68)37(64)29(20-60)79-52/h10,26-54,60-75H,9,11-24H2,1-8H3/t26-,27+,28-,29-,30-,31-,32-,33-,34+,35+,36+,37-,38-,39-,40-,41+,42+,43+,44+,45-,46-,47-,48-,49-,50+,51-,52+,53+,54+,56+,57+,58+,59-/m0/s1. The maximum absolute atomic E-state index is 11.7. The van der Waals surface area contributed by atoms with Gasteiger partial charge in [-0.2, -0.15) is 0 Å². The number of aliphatic hydroxyl groups excluding tert-OH is 16. The fourth-order valence-corrected chi connectivity index (χ4v) is 17.4. The number of allylic oxidation sites excluding steroid dienone is 2. The summed E-state index contributed by atoms with van der Waals surface area (Å²) in [6, 6.07) is 0. The van der Waals surface area contributed by atoms with Crippen LogP contribution in [0.4, 0.5) is 0 Å². The minimum absolute atomic E-state index is 0.0435. The zero-order chi connectivity index (χ0) is 62.2. The SMILES string of the molecule is CC(C)=CCC[C@](C)(O[C@H]1O[C@@H](CO[C@H]2O[C@@H](CO[C@H]3OC[C@H](O)[C@@H](O)[C@@H]3O)[C@H](O)[C@@H](O)[C@@H]2O)[C@H](O)[C@@H](O)[C@@H]1O)[C@@H]1CC[C@]2(C)[C@H]1CC[C@@H]1[C@]3(C)CC[C@@H](O[C@H]4O[C@@H](CO)[C@H](O)[C@@H](O)[C@@H]4O[C@H]4O[C@@H](CO)[C@H](O)[C@@H](O)[C@@H]4O)C(C)(C)[C@@H]3CC[C@]12C. The second-order valence-corrected chi connectivity index (χ2v) is 28.0. The molecule has 0 aromatic rings. The number of hydrogen-bond donors (Lipinski definition) is 16. The highest BCUT2D eigenvalue weighted by atomic mass is 16.8. The minimum Gasteiger partial charge on any atom is -0.394 e. The maximum Gasteiger partial charge on any atom is 0.187 e. The second kappa shape index (κ2) is 26.4. The van der Waals surface area contributed by atoms with Crippen LogP contribution in [-0.2, 0) is 47.4 Å². The van der Waals surface area contributed by atoms with Crippen molar-refractivity contribution in [2.45, 2.75) is 279 Å². The normalized spacial score (nSPS) is 52.5. The Morgan fingerprint density at radius 3 is 1.64 bits per heavy atom. The Hall–Kier alpha value is -1.30. The Balaban J connectivity index is 0.888. The van der Waals surface area contributed by atoms with Gasteiger partial charge in [-0.25, -0.2) is 0 Å². The molecule has 4 saturated carbocycles. The van der Waals surface area contributed by atoms with Crippen LogP contribution in [0, 0.1) is 45.3 Å². The lowest BCUT2D eigenvalue weighted by molar-refractivity contribution is -0.378. The molecule has 4 aliphatic carbocycles. The number of aliphatic hydroxyl groups is 16. The predicted octanol–water partition coefficient (Wildman–Crippen LogP) is -2.71. The van der Waals surface area contributed by atoms with E-state index < -0.39 is 191 Å². The van der Waals surface area contributed by atoms with Crippen LogP contribution < -0.4 is 0 Å². The van der Waals surface area contributed by atoms with Gasteiger partial charge in [-0.1, -0.05) is 46.3 Å². The van der Waals surface area contributed by atoms with Crippen LogP contribution in [0.2, 0.25) is 0 Å². The molecule has 0 aromatic heterocycles. The summed E-state index contributed by atoms with van der Waals surface area (Å²) >= 11 is 0. The van der Waals surface area contributed by atoms with Gasteiger partial charge in [0, 0.05) is 0 Å². The Labute approximate surface area is 496 Å². The quantitative estimate of drug-likeness (QED) is 0.0490. The van der Waals surface area contributed by atoms with E-state index in [1.165, 1.54) is 0 Å². The third-order valence-electron chi connectivity index (χ3n) is 22.6. The van der Waals surface area contributed by atoms with Gasteiger partial charge in [-0.3, -0.25) is 0 Å². The van der Waals surface area contributed by atoms with Crippen molar-refractivity contribution in [1.82, 2.24) is 0 Å². The molecule has 0 amide bonds. The summed E-state index contributed by atoms with van der Waals surface area (Å²) in [6.07, 6.45) is -28.7. The van der Waals surface area contributed by atoms with Crippen molar-refractivity contribution >= 4 is 0 Å². The Kier molecular flexibility index (Phi) is 21.1. The van der Waals surface area contributed by atoms with Crippen molar-refractivity contribution in [3.8, 4) is 0 Å². The number of rotatable bonds is 18. The molecule has 26 heteroatoms. The summed E-state index contributed by atoms with van der Waals surface area (Å²) in [5.41, 5.74) is -0.834. The van der Waals surface area contributed by atoms with Gasteiger partial charge in [0.1, 0.15) is 116 Å². The van der Waals surface area contributed by atoms with E-state index in [2.05, 4.69) is 40.7 Å². The van der Waals surface area contributed by atoms with E-state index in [1.54, 1.807) is 0 Å². The fraction of sp³-hybridized carbons (Fsp3) is 0.966. The van der Waals surface area contributed by atoms with Crippen molar-refractivity contribution in [2.24, 2.45) is 45.3 Å². The molecular weight excluding hydrogens is 1120 g/mol. The zero-order valence-electron chi connectivity index (χ0n) is 50.2. The molecule has 9 rings (SSSR count). The molecule has 492 valence electrons. The summed E-state index contributed by atoms with van der Waals surface area (Å²) in [6.45, 7) is 14.9. The van der Waals surface area contributed by atoms with Crippen molar-refractivity contribution < 1.29 is 129 Å². The third kappa shape index (κ3) is 12.5. The molecule has 0 unspecified atom stereocenters. The third-order valence-corrected chi connectivity index (χ3v) is 22.6. The molecule has 0 aromatic carbocycles. The summed E-state index contributed by atoms with van der Waals surface area (Å²) in [4.78, 5) is 0. The summed E-state index contributed by atoms with van der Waals surface area (Å²) in [7, 11) is 0. The molecule has 9 fully saturated rings. The smallest absolute Gasteiger partial charge is 0.187 e. The summed E-state index contributed by atoms with van der Waals surface area (Å²) in [5.74, 6) is 0.533. The molecule has 26 nitrogen and oxygen atoms in total. The first-order valence-corrected chi connectivity index (χ1v) is 30.7. The maximum atomic E-state index is 11.7. The van der Waals surface area contributed by atoms with Crippen molar-refractivity contribution in [3.05, 3.63) is 11.6 Å². The molecular formula is C59H100O26. The molecule has 0 radical (unpaired) electrons. The summed E-state index contributed by atoms with van der Waals surface area (Å²) < 4.78 is 60.5. The van der Waals surface area contributed by atoms with Crippen LogP contribution in [0.5, 0.6) is 0 Å². The predicted molar refractivity (Wildman–Crippen MR) is 291 cm³/mol. The molecule has 85 heavy (non-hydrogen) atoms. The average Bonchev–Trinajstić information content (AvgIpc) is 1.84. The van der Waals surface area contributed by atoms with E-state index >= 15 is 0 Å². The van der Waals surface area contributed by atoms with E-state index in [0.29, 0.717) is 19.3 Å². The zero-order valence-corrected chi connectivity index (χ0v) is 50.2. The second-order valence-electron chi connectivity index (χ2n) is 28.0. The first kappa shape index (κ1) is 68.1. The average molecular weight is 1230 g/mol. The van der Waals surface area contributed by atoms with Gasteiger partial charge in [-0.05, 0) is 130 Å². The summed E-state index contributed by atoms with van der Waals surface area (Å²) in [5, 5.41) is 172. The fourth-order valence-electron chi connectivity index (χ4n) is 17.4. The number of fused-ring (bicyclic) bond motifs is 5. The van der Waals surface area contributed by atoms with Crippen molar-refractivity contribution in [3.63, 3.8) is 0 Å². The highest BCUT2D eigenvalue weighted by Gasteiger charge is 2.70. The Morgan fingerprint density at radius 2 is 1.02 bits per heavy atom. The van der Waals surface area contributed by atoms with Crippen LogP contribution in [-0.4, -0.2) is 274 Å². The van der Waals surface area contributed by atoms with Crippen molar-refractivity contribution in [2.75, 3.05) is 33.0 Å². The topological polar surface area (TPSA) is 416 Å². The van der Waals surface area contributed by atoms with Crippen LogP contribution in [0.25, 0.3) is 0 Å². The lowest BCUT2D eigenvalue weighted by Crippen LogP contribution is -2.67.